The molecule has 150 valence electrons. The lowest BCUT2D eigenvalue weighted by Gasteiger charge is -2.32. The molecular weight excluding hydrogens is 368 g/mol. The van der Waals surface area contributed by atoms with Gasteiger partial charge in [0.05, 0.1) is 24.2 Å². The number of nitrogens with zero attached hydrogens (tertiary/aromatic N) is 2. The fourth-order valence-electron chi connectivity index (χ4n) is 3.56. The second kappa shape index (κ2) is 8.68. The molecule has 1 amide bonds. The van der Waals surface area contributed by atoms with Crippen molar-refractivity contribution in [2.75, 3.05) is 46.0 Å². The summed E-state index contributed by atoms with van der Waals surface area (Å²) in [6.07, 6.45) is 1.82. The first-order valence-corrected chi connectivity index (χ1v) is 11.0. The third-order valence-electron chi connectivity index (χ3n) is 5.18. The maximum atomic E-state index is 13.0. The van der Waals surface area contributed by atoms with Crippen molar-refractivity contribution in [3.63, 3.8) is 0 Å². The lowest BCUT2D eigenvalue weighted by molar-refractivity contribution is 0.0146. The van der Waals surface area contributed by atoms with E-state index in [2.05, 4.69) is 0 Å². The first-order chi connectivity index (χ1) is 12.9. The normalized spacial score (nSPS) is 20.0. The Balaban J connectivity index is 1.78. The number of hydrogen-bond acceptors (Lipinski definition) is 5. The Labute approximate surface area is 161 Å². The van der Waals surface area contributed by atoms with Crippen molar-refractivity contribution in [3.8, 4) is 0 Å². The zero-order valence-electron chi connectivity index (χ0n) is 16.0. The second-order valence-electron chi connectivity index (χ2n) is 6.94. The average Bonchev–Trinajstić information content (AvgIpc) is 2.69. The highest BCUT2D eigenvalue weighted by Crippen LogP contribution is 2.23. The third-order valence-corrected chi connectivity index (χ3v) is 7.07. The molecule has 0 spiro atoms. The summed E-state index contributed by atoms with van der Waals surface area (Å²) >= 11 is 0. The smallest absolute Gasteiger partial charge is 0.254 e. The first-order valence-electron chi connectivity index (χ1n) is 9.53. The van der Waals surface area contributed by atoms with Crippen molar-refractivity contribution in [2.45, 2.75) is 37.7 Å². The van der Waals surface area contributed by atoms with E-state index in [1.807, 2.05) is 13.8 Å². The van der Waals surface area contributed by atoms with Crippen LogP contribution in [0.2, 0.25) is 0 Å². The molecule has 1 aromatic carbocycles. The summed E-state index contributed by atoms with van der Waals surface area (Å²) in [5.41, 5.74) is 1.24. The monoisotopic (exact) mass is 396 g/mol. The van der Waals surface area contributed by atoms with Gasteiger partial charge in [-0.25, -0.2) is 8.42 Å². The molecule has 7 nitrogen and oxygen atoms in total. The molecule has 2 saturated heterocycles. The van der Waals surface area contributed by atoms with E-state index < -0.39 is 10.0 Å². The predicted molar refractivity (Wildman–Crippen MR) is 101 cm³/mol. The summed E-state index contributed by atoms with van der Waals surface area (Å²) in [5.74, 6) is -0.110. The van der Waals surface area contributed by atoms with Crippen LogP contribution in [0.5, 0.6) is 0 Å². The molecule has 27 heavy (non-hydrogen) atoms. The number of carbonyl (C=O) groups excluding carboxylic acids is 1. The van der Waals surface area contributed by atoms with Gasteiger partial charge in [-0.05, 0) is 44.4 Å². The summed E-state index contributed by atoms with van der Waals surface area (Å²) in [6, 6.07) is 4.82. The molecule has 0 bridgehead atoms. The van der Waals surface area contributed by atoms with Gasteiger partial charge in [-0.2, -0.15) is 4.31 Å². The summed E-state index contributed by atoms with van der Waals surface area (Å²) in [4.78, 5) is 15.0. The Morgan fingerprint density at radius 3 is 2.48 bits per heavy atom. The second-order valence-corrected chi connectivity index (χ2v) is 8.88. The van der Waals surface area contributed by atoms with Gasteiger partial charge in [-0.15, -0.1) is 0 Å². The van der Waals surface area contributed by atoms with Crippen molar-refractivity contribution in [1.29, 1.82) is 0 Å². The molecule has 0 atom stereocenters. The van der Waals surface area contributed by atoms with Crippen molar-refractivity contribution in [1.82, 2.24) is 9.21 Å². The number of morpholine rings is 1. The Bertz CT molecular complexity index is 766. The van der Waals surface area contributed by atoms with Crippen molar-refractivity contribution < 1.29 is 22.7 Å². The third kappa shape index (κ3) is 4.51. The summed E-state index contributed by atoms with van der Waals surface area (Å²) in [7, 11) is -3.62. The van der Waals surface area contributed by atoms with Crippen molar-refractivity contribution in [3.05, 3.63) is 29.3 Å². The molecule has 8 heteroatoms. The van der Waals surface area contributed by atoms with Gasteiger partial charge in [0, 0.05) is 38.3 Å². The topological polar surface area (TPSA) is 76.2 Å². The minimum Gasteiger partial charge on any atom is -0.379 e. The van der Waals surface area contributed by atoms with Crippen molar-refractivity contribution >= 4 is 15.9 Å². The molecule has 3 rings (SSSR count). The summed E-state index contributed by atoms with van der Waals surface area (Å²) in [5, 5.41) is 0. The molecule has 0 radical (unpaired) electrons. The maximum Gasteiger partial charge on any atom is 0.254 e. The van der Waals surface area contributed by atoms with E-state index in [4.69, 9.17) is 9.47 Å². The molecule has 2 aliphatic rings. The fraction of sp³-hybridized carbons (Fsp3) is 0.632. The van der Waals surface area contributed by atoms with Crippen LogP contribution in [0.4, 0.5) is 0 Å². The van der Waals surface area contributed by atoms with Crippen LogP contribution in [0.25, 0.3) is 0 Å². The van der Waals surface area contributed by atoms with Crippen LogP contribution in [0.15, 0.2) is 23.1 Å². The molecule has 2 aliphatic heterocycles. The Morgan fingerprint density at radius 1 is 1.19 bits per heavy atom. The van der Waals surface area contributed by atoms with Crippen LogP contribution in [0, 0.1) is 6.92 Å². The van der Waals surface area contributed by atoms with Crippen LogP contribution < -0.4 is 0 Å². The largest absolute Gasteiger partial charge is 0.379 e. The highest BCUT2D eigenvalue weighted by molar-refractivity contribution is 7.89. The fourth-order valence-corrected chi connectivity index (χ4v) is 4.99. The van der Waals surface area contributed by atoms with Crippen LogP contribution >= 0.6 is 0 Å². The molecular formula is C19H28N2O5S. The molecule has 1 aromatic rings. The van der Waals surface area contributed by atoms with E-state index in [1.165, 1.54) is 10.4 Å². The molecule has 0 aromatic heterocycles. The molecule has 2 fully saturated rings. The number of benzene rings is 1. The van der Waals surface area contributed by atoms with E-state index in [-0.39, 0.29) is 16.9 Å². The summed E-state index contributed by atoms with van der Waals surface area (Å²) < 4.78 is 38.1. The van der Waals surface area contributed by atoms with Gasteiger partial charge in [0.1, 0.15) is 0 Å². The Kier molecular flexibility index (Phi) is 6.52. The van der Waals surface area contributed by atoms with E-state index in [0.29, 0.717) is 51.6 Å². The number of carbonyl (C=O) groups is 1. The van der Waals surface area contributed by atoms with Crippen LogP contribution in [0.1, 0.15) is 35.7 Å². The number of ether oxygens (including phenoxy) is 2. The number of likely N-dealkylation sites (tertiary alicyclic amines) is 1. The number of rotatable bonds is 5. The Hall–Kier alpha value is -1.48. The molecule has 0 N–H and O–H groups in total. The lowest BCUT2D eigenvalue weighted by Crippen LogP contribution is -2.42. The number of piperidine rings is 1. The van der Waals surface area contributed by atoms with E-state index in [0.717, 1.165) is 18.4 Å². The van der Waals surface area contributed by atoms with Gasteiger partial charge in [-0.3, -0.25) is 4.79 Å². The van der Waals surface area contributed by atoms with Gasteiger partial charge in [-0.1, -0.05) is 6.07 Å². The van der Waals surface area contributed by atoms with Crippen LogP contribution in [-0.4, -0.2) is 75.6 Å². The van der Waals surface area contributed by atoms with Crippen molar-refractivity contribution in [2.24, 2.45) is 0 Å². The minimum absolute atomic E-state index is 0.110. The van der Waals surface area contributed by atoms with Gasteiger partial charge >= 0.3 is 0 Å². The maximum absolute atomic E-state index is 13.0. The standard InChI is InChI=1S/C19H28N2O5S/c1-3-26-16-6-8-20(9-7-16)19(22)18-14-17(5-4-15(18)2)27(23,24)21-10-12-25-13-11-21/h4-5,14,16H,3,6-13H2,1-2H3. The number of aryl methyl sites for hydroxylation is 1. The van der Waals surface area contributed by atoms with Gasteiger partial charge in [0.25, 0.3) is 5.91 Å². The van der Waals surface area contributed by atoms with E-state index in [1.54, 1.807) is 17.0 Å². The zero-order valence-corrected chi connectivity index (χ0v) is 16.8. The predicted octanol–water partition coefficient (Wildman–Crippen LogP) is 1.66. The van der Waals surface area contributed by atoms with Gasteiger partial charge < -0.3 is 14.4 Å². The highest BCUT2D eigenvalue weighted by atomic mass is 32.2. The zero-order chi connectivity index (χ0) is 19.4. The summed E-state index contributed by atoms with van der Waals surface area (Å²) in [6.45, 7) is 7.21. The molecule has 0 saturated carbocycles. The SMILES string of the molecule is CCOC1CCN(C(=O)c2cc(S(=O)(=O)N3CCOCC3)ccc2C)CC1. The van der Waals surface area contributed by atoms with Gasteiger partial charge in [0.15, 0.2) is 0 Å². The lowest BCUT2D eigenvalue weighted by atomic mass is 10.0. The van der Waals surface area contributed by atoms with Crippen LogP contribution in [-0.2, 0) is 19.5 Å². The molecule has 2 heterocycles. The number of sulfonamides is 1. The minimum atomic E-state index is -3.62. The van der Waals surface area contributed by atoms with Crippen LogP contribution in [0.3, 0.4) is 0 Å². The van der Waals surface area contributed by atoms with E-state index >= 15 is 0 Å². The number of amides is 1. The molecule has 0 unspecified atom stereocenters. The Morgan fingerprint density at radius 2 is 1.85 bits per heavy atom. The first kappa shape index (κ1) is 20.3. The highest BCUT2D eigenvalue weighted by Gasteiger charge is 2.29. The van der Waals surface area contributed by atoms with Gasteiger partial charge in [0.2, 0.25) is 10.0 Å². The van der Waals surface area contributed by atoms with E-state index in [9.17, 15) is 13.2 Å². The number of hydrogen-bond donors (Lipinski definition) is 0. The quantitative estimate of drug-likeness (QED) is 0.757. The average molecular weight is 397 g/mol. The molecule has 0 aliphatic carbocycles.